The normalized spacial score (nSPS) is 10.8. The van der Waals surface area contributed by atoms with E-state index >= 15 is 0 Å². The molecule has 0 aliphatic heterocycles. The van der Waals surface area contributed by atoms with Crippen LogP contribution in [0.25, 0.3) is 10.9 Å². The van der Waals surface area contributed by atoms with Crippen LogP contribution in [0.1, 0.15) is 32.6 Å². The molecule has 0 aliphatic carbocycles. The number of ether oxygens (including phenoxy) is 1. The number of amides is 1. The van der Waals surface area contributed by atoms with Crippen molar-refractivity contribution >= 4 is 16.8 Å². The fraction of sp³-hybridized carbons (Fsp3) is 0.185. The molecule has 0 fully saturated rings. The first-order chi connectivity index (χ1) is 15.4. The number of aryl methyl sites for hydroxylation is 2. The Morgan fingerprint density at radius 2 is 1.66 bits per heavy atom. The molecule has 0 saturated heterocycles. The lowest BCUT2D eigenvalue weighted by Crippen LogP contribution is -2.32. The summed E-state index contributed by atoms with van der Waals surface area (Å²) in [5, 5.41) is 0.955. The second-order valence-electron chi connectivity index (χ2n) is 8.03. The Morgan fingerprint density at radius 3 is 2.41 bits per heavy atom. The average molecular weight is 427 g/mol. The van der Waals surface area contributed by atoms with Crippen LogP contribution in [0.4, 0.5) is 0 Å². The molecule has 162 valence electrons. The van der Waals surface area contributed by atoms with Crippen molar-refractivity contribution in [2.45, 2.75) is 26.9 Å². The highest BCUT2D eigenvalue weighted by Gasteiger charge is 2.19. The van der Waals surface area contributed by atoms with E-state index in [1.165, 1.54) is 0 Å². The van der Waals surface area contributed by atoms with Crippen molar-refractivity contribution in [2.75, 3.05) is 7.11 Å². The molecule has 1 amide bonds. The van der Waals surface area contributed by atoms with Gasteiger partial charge in [0.25, 0.3) is 11.5 Å². The number of nitrogens with one attached hydrogen (secondary N) is 1. The summed E-state index contributed by atoms with van der Waals surface area (Å²) in [4.78, 5) is 31.0. The summed E-state index contributed by atoms with van der Waals surface area (Å²) in [5.74, 6) is 0.456. The molecule has 0 saturated carbocycles. The van der Waals surface area contributed by atoms with Crippen molar-refractivity contribution in [1.82, 2.24) is 9.88 Å². The number of hydrogen-bond acceptors (Lipinski definition) is 3. The Bertz CT molecular complexity index is 1330. The number of benzene rings is 3. The zero-order valence-electron chi connectivity index (χ0n) is 18.5. The summed E-state index contributed by atoms with van der Waals surface area (Å²) < 4.78 is 5.28. The van der Waals surface area contributed by atoms with Crippen LogP contribution < -0.4 is 10.3 Å². The maximum atomic E-state index is 13.5. The van der Waals surface area contributed by atoms with Gasteiger partial charge in [-0.05, 0) is 72.3 Å². The molecule has 4 rings (SSSR count). The van der Waals surface area contributed by atoms with E-state index in [9.17, 15) is 9.59 Å². The predicted molar refractivity (Wildman–Crippen MR) is 127 cm³/mol. The van der Waals surface area contributed by atoms with Gasteiger partial charge in [0.2, 0.25) is 0 Å². The monoisotopic (exact) mass is 426 g/mol. The van der Waals surface area contributed by atoms with Crippen molar-refractivity contribution < 1.29 is 9.53 Å². The number of fused-ring (bicyclic) bond motifs is 1. The quantitative estimate of drug-likeness (QED) is 0.472. The fourth-order valence-electron chi connectivity index (χ4n) is 3.79. The van der Waals surface area contributed by atoms with E-state index in [4.69, 9.17) is 4.74 Å². The number of rotatable bonds is 6. The molecule has 0 bridgehead atoms. The van der Waals surface area contributed by atoms with Crippen LogP contribution in [0.2, 0.25) is 0 Å². The highest BCUT2D eigenvalue weighted by Crippen LogP contribution is 2.20. The maximum absolute atomic E-state index is 13.5. The molecule has 5 heteroatoms. The lowest BCUT2D eigenvalue weighted by molar-refractivity contribution is 0.0729. The van der Waals surface area contributed by atoms with Crippen LogP contribution in [0.3, 0.4) is 0 Å². The van der Waals surface area contributed by atoms with Gasteiger partial charge in [0.1, 0.15) is 5.75 Å². The third-order valence-corrected chi connectivity index (χ3v) is 5.72. The van der Waals surface area contributed by atoms with E-state index in [0.717, 1.165) is 27.6 Å². The van der Waals surface area contributed by atoms with Gasteiger partial charge >= 0.3 is 0 Å². The summed E-state index contributed by atoms with van der Waals surface area (Å²) >= 11 is 0. The molecule has 0 atom stereocenters. The lowest BCUT2D eigenvalue weighted by Gasteiger charge is -2.23. The molecule has 1 N–H and O–H groups in total. The molecule has 0 radical (unpaired) electrons. The van der Waals surface area contributed by atoms with E-state index in [1.807, 2.05) is 56.3 Å². The zero-order valence-corrected chi connectivity index (χ0v) is 18.5. The fourth-order valence-corrected chi connectivity index (χ4v) is 3.79. The summed E-state index contributed by atoms with van der Waals surface area (Å²) in [6.45, 7) is 4.66. The summed E-state index contributed by atoms with van der Waals surface area (Å²) in [5.41, 5.74) is 4.96. The summed E-state index contributed by atoms with van der Waals surface area (Å²) in [7, 11) is 1.57. The van der Waals surface area contributed by atoms with Gasteiger partial charge in [-0.2, -0.15) is 0 Å². The smallest absolute Gasteiger partial charge is 0.254 e. The molecule has 1 aromatic heterocycles. The van der Waals surface area contributed by atoms with Crippen LogP contribution in [0.15, 0.2) is 77.6 Å². The third kappa shape index (κ3) is 4.57. The molecule has 0 unspecified atom stereocenters. The van der Waals surface area contributed by atoms with E-state index < -0.39 is 0 Å². The molecule has 0 spiro atoms. The van der Waals surface area contributed by atoms with E-state index in [-0.39, 0.29) is 18.0 Å². The standard InChI is InChI=1S/C27H26N2O3/c1-18-12-22-14-23(26(30)28-25(22)13-19(18)2)17-29(16-20-8-5-4-6-9-20)27(31)21-10-7-11-24(15-21)32-3/h4-15H,16-17H2,1-3H3,(H,28,30). The second kappa shape index (κ2) is 9.10. The predicted octanol–water partition coefficient (Wildman–Crippen LogP) is 5.00. The molecular formula is C27H26N2O3. The Kier molecular flexibility index (Phi) is 6.08. The molecular weight excluding hydrogens is 400 g/mol. The van der Waals surface area contributed by atoms with Gasteiger partial charge in [-0.1, -0.05) is 36.4 Å². The van der Waals surface area contributed by atoms with E-state index in [1.54, 1.807) is 36.3 Å². The largest absolute Gasteiger partial charge is 0.497 e. The van der Waals surface area contributed by atoms with Crippen LogP contribution >= 0.6 is 0 Å². The van der Waals surface area contributed by atoms with Gasteiger partial charge in [0, 0.05) is 23.2 Å². The van der Waals surface area contributed by atoms with Gasteiger partial charge in [0.15, 0.2) is 0 Å². The van der Waals surface area contributed by atoms with Gasteiger partial charge in [-0.3, -0.25) is 9.59 Å². The maximum Gasteiger partial charge on any atom is 0.254 e. The highest BCUT2D eigenvalue weighted by atomic mass is 16.5. The minimum absolute atomic E-state index is 0.160. The van der Waals surface area contributed by atoms with Gasteiger partial charge in [-0.25, -0.2) is 0 Å². The molecule has 1 heterocycles. The molecule has 32 heavy (non-hydrogen) atoms. The molecule has 5 nitrogen and oxygen atoms in total. The molecule has 3 aromatic carbocycles. The first-order valence-corrected chi connectivity index (χ1v) is 10.5. The number of H-pyrrole nitrogens is 1. The first kappa shape index (κ1) is 21.4. The number of aromatic amines is 1. The topological polar surface area (TPSA) is 62.4 Å². The Labute approximate surface area is 187 Å². The third-order valence-electron chi connectivity index (χ3n) is 5.72. The highest BCUT2D eigenvalue weighted by molar-refractivity contribution is 5.94. The Balaban J connectivity index is 1.73. The number of pyridine rings is 1. The van der Waals surface area contributed by atoms with E-state index in [0.29, 0.717) is 23.4 Å². The number of carbonyl (C=O) groups excluding carboxylic acids is 1. The first-order valence-electron chi connectivity index (χ1n) is 10.5. The average Bonchev–Trinajstić information content (AvgIpc) is 2.80. The van der Waals surface area contributed by atoms with Crippen LogP contribution in [0.5, 0.6) is 5.75 Å². The van der Waals surface area contributed by atoms with Crippen molar-refractivity contribution in [2.24, 2.45) is 0 Å². The van der Waals surface area contributed by atoms with Gasteiger partial charge in [-0.15, -0.1) is 0 Å². The minimum atomic E-state index is -0.183. The van der Waals surface area contributed by atoms with Crippen LogP contribution in [0, 0.1) is 13.8 Å². The second-order valence-corrected chi connectivity index (χ2v) is 8.03. The number of nitrogens with zero attached hydrogens (tertiary/aromatic N) is 1. The van der Waals surface area contributed by atoms with Crippen molar-refractivity contribution in [3.63, 3.8) is 0 Å². The number of methoxy groups -OCH3 is 1. The van der Waals surface area contributed by atoms with Crippen LogP contribution in [-0.2, 0) is 13.1 Å². The molecule has 0 aliphatic rings. The molecule has 4 aromatic rings. The summed E-state index contributed by atoms with van der Waals surface area (Å²) in [6, 6.07) is 22.8. The zero-order chi connectivity index (χ0) is 22.7. The van der Waals surface area contributed by atoms with E-state index in [2.05, 4.69) is 11.1 Å². The number of aromatic nitrogens is 1. The SMILES string of the molecule is COc1cccc(C(=O)N(Cc2ccccc2)Cc2cc3cc(C)c(C)cc3[nH]c2=O)c1. The van der Waals surface area contributed by atoms with Gasteiger partial charge in [0.05, 0.1) is 13.7 Å². The lowest BCUT2D eigenvalue weighted by atomic mass is 10.0. The van der Waals surface area contributed by atoms with Gasteiger partial charge < -0.3 is 14.6 Å². The van der Waals surface area contributed by atoms with Crippen LogP contribution in [-0.4, -0.2) is 22.9 Å². The number of carbonyl (C=O) groups is 1. The summed E-state index contributed by atoms with van der Waals surface area (Å²) in [6.07, 6.45) is 0. The van der Waals surface area contributed by atoms with Crippen molar-refractivity contribution in [3.05, 3.63) is 111 Å². The van der Waals surface area contributed by atoms with Crippen molar-refractivity contribution in [3.8, 4) is 5.75 Å². The van der Waals surface area contributed by atoms with Crippen molar-refractivity contribution in [1.29, 1.82) is 0 Å². The number of hydrogen-bond donors (Lipinski definition) is 1. The Morgan fingerprint density at radius 1 is 0.906 bits per heavy atom. The Hall–Kier alpha value is -3.86. The minimum Gasteiger partial charge on any atom is -0.497 e.